The third kappa shape index (κ3) is 2.69. The van der Waals surface area contributed by atoms with Crippen LogP contribution in [0.3, 0.4) is 0 Å². The highest BCUT2D eigenvalue weighted by molar-refractivity contribution is 6.24. The van der Waals surface area contributed by atoms with Gasteiger partial charge in [0.25, 0.3) is 17.5 Å². The summed E-state index contributed by atoms with van der Waals surface area (Å²) in [6.45, 7) is 3.21. The Morgan fingerprint density at radius 2 is 1.84 bits per heavy atom. The molecule has 2 amide bonds. The molecule has 1 aliphatic rings. The van der Waals surface area contributed by atoms with Gasteiger partial charge in [0, 0.05) is 11.6 Å². The van der Waals surface area contributed by atoms with Gasteiger partial charge in [0.05, 0.1) is 17.0 Å². The van der Waals surface area contributed by atoms with Crippen LogP contribution in [0.5, 0.6) is 0 Å². The first-order valence-electron chi connectivity index (χ1n) is 7.55. The zero-order valence-corrected chi connectivity index (χ0v) is 13.6. The Kier molecular flexibility index (Phi) is 3.92. The molecule has 7 nitrogen and oxygen atoms in total. The molecule has 126 valence electrons. The third-order valence-corrected chi connectivity index (χ3v) is 4.16. The number of nitro groups is 1. The molecule has 0 atom stereocenters. The Morgan fingerprint density at radius 1 is 1.12 bits per heavy atom. The van der Waals surface area contributed by atoms with Crippen molar-refractivity contribution in [3.05, 3.63) is 74.3 Å². The molecule has 0 saturated carbocycles. The topological polar surface area (TPSA) is 97.6 Å². The average molecular weight is 338 g/mol. The summed E-state index contributed by atoms with van der Waals surface area (Å²) >= 11 is 0. The number of carbonyl (C=O) groups is 3. The minimum atomic E-state index is -0.814. The van der Waals surface area contributed by atoms with Crippen LogP contribution in [0.2, 0.25) is 0 Å². The molecule has 25 heavy (non-hydrogen) atoms. The van der Waals surface area contributed by atoms with E-state index in [0.29, 0.717) is 5.56 Å². The van der Waals surface area contributed by atoms with Gasteiger partial charge < -0.3 is 0 Å². The Bertz CT molecular complexity index is 948. The monoisotopic (exact) mass is 338 g/mol. The maximum absolute atomic E-state index is 12.5. The zero-order chi connectivity index (χ0) is 18.3. The van der Waals surface area contributed by atoms with Crippen LogP contribution < -0.4 is 0 Å². The van der Waals surface area contributed by atoms with Gasteiger partial charge in [-0.15, -0.1) is 0 Å². The number of nitrogens with zero attached hydrogens (tertiary/aromatic N) is 2. The number of ketones is 1. The van der Waals surface area contributed by atoms with Crippen molar-refractivity contribution in [2.75, 3.05) is 6.54 Å². The number of benzene rings is 2. The van der Waals surface area contributed by atoms with Crippen LogP contribution in [0, 0.1) is 24.0 Å². The molecule has 2 aromatic carbocycles. The van der Waals surface area contributed by atoms with E-state index in [4.69, 9.17) is 0 Å². The Hall–Kier alpha value is -3.35. The lowest BCUT2D eigenvalue weighted by Gasteiger charge is -2.14. The average Bonchev–Trinajstić information content (AvgIpc) is 2.79. The van der Waals surface area contributed by atoms with Crippen molar-refractivity contribution in [1.29, 1.82) is 0 Å². The van der Waals surface area contributed by atoms with Crippen LogP contribution in [0.15, 0.2) is 36.4 Å². The van der Waals surface area contributed by atoms with Gasteiger partial charge in [-0.2, -0.15) is 0 Å². The molecule has 0 saturated heterocycles. The quantitative estimate of drug-likeness (QED) is 0.369. The van der Waals surface area contributed by atoms with Crippen molar-refractivity contribution < 1.29 is 19.3 Å². The zero-order valence-electron chi connectivity index (χ0n) is 13.6. The number of nitro benzene ring substituents is 1. The number of aryl methyl sites for hydroxylation is 2. The van der Waals surface area contributed by atoms with Crippen molar-refractivity contribution in [2.45, 2.75) is 13.8 Å². The fourth-order valence-electron chi connectivity index (χ4n) is 2.97. The third-order valence-electron chi connectivity index (χ3n) is 4.16. The van der Waals surface area contributed by atoms with Gasteiger partial charge in [-0.3, -0.25) is 29.4 Å². The van der Waals surface area contributed by atoms with Crippen molar-refractivity contribution in [1.82, 2.24) is 4.90 Å². The van der Waals surface area contributed by atoms with E-state index in [1.807, 2.05) is 13.0 Å². The molecule has 2 aromatic rings. The Morgan fingerprint density at radius 3 is 2.48 bits per heavy atom. The summed E-state index contributed by atoms with van der Waals surface area (Å²) in [5.74, 6) is -1.90. The highest BCUT2D eigenvalue weighted by atomic mass is 16.6. The van der Waals surface area contributed by atoms with E-state index in [0.717, 1.165) is 16.0 Å². The lowest BCUT2D eigenvalue weighted by atomic mass is 10.0. The molecule has 1 aliphatic heterocycles. The maximum atomic E-state index is 12.5. The van der Waals surface area contributed by atoms with Crippen LogP contribution in [0.4, 0.5) is 5.69 Å². The molecular formula is C18H14N2O5. The summed E-state index contributed by atoms with van der Waals surface area (Å²) in [7, 11) is 0. The van der Waals surface area contributed by atoms with Crippen LogP contribution in [-0.2, 0) is 0 Å². The summed E-state index contributed by atoms with van der Waals surface area (Å²) in [6.07, 6.45) is 0. The van der Waals surface area contributed by atoms with Crippen molar-refractivity contribution in [2.24, 2.45) is 0 Å². The van der Waals surface area contributed by atoms with E-state index in [9.17, 15) is 24.5 Å². The summed E-state index contributed by atoms with van der Waals surface area (Å²) in [4.78, 5) is 48.6. The van der Waals surface area contributed by atoms with E-state index in [1.165, 1.54) is 18.2 Å². The minimum Gasteiger partial charge on any atom is -0.292 e. The molecule has 0 radical (unpaired) electrons. The van der Waals surface area contributed by atoms with Gasteiger partial charge in [-0.25, -0.2) is 0 Å². The number of fused-ring (bicyclic) bond motifs is 1. The summed E-state index contributed by atoms with van der Waals surface area (Å²) in [5, 5.41) is 11.1. The van der Waals surface area contributed by atoms with Gasteiger partial charge in [0.15, 0.2) is 5.78 Å². The summed E-state index contributed by atoms with van der Waals surface area (Å²) < 4.78 is 0. The second kappa shape index (κ2) is 5.94. The molecule has 1 heterocycles. The van der Waals surface area contributed by atoms with Gasteiger partial charge in [0.1, 0.15) is 5.56 Å². The summed E-state index contributed by atoms with van der Waals surface area (Å²) in [5.41, 5.74) is 1.41. The fraction of sp³-hybridized carbons (Fsp3) is 0.167. The molecule has 0 N–H and O–H groups in total. The first kappa shape index (κ1) is 16.5. The van der Waals surface area contributed by atoms with E-state index in [-0.39, 0.29) is 11.1 Å². The van der Waals surface area contributed by atoms with Crippen molar-refractivity contribution in [3.8, 4) is 0 Å². The van der Waals surface area contributed by atoms with E-state index < -0.39 is 34.8 Å². The fourth-order valence-corrected chi connectivity index (χ4v) is 2.97. The van der Waals surface area contributed by atoms with E-state index in [1.54, 1.807) is 19.1 Å². The second-order valence-electron chi connectivity index (χ2n) is 5.89. The maximum Gasteiger partial charge on any atom is 0.282 e. The molecule has 3 rings (SSSR count). The number of Topliss-reactive ketones (excluding diaryl/α,β-unsaturated/α-hetero) is 1. The van der Waals surface area contributed by atoms with Crippen LogP contribution in [-0.4, -0.2) is 34.0 Å². The molecule has 0 bridgehead atoms. The second-order valence-corrected chi connectivity index (χ2v) is 5.89. The van der Waals surface area contributed by atoms with E-state index in [2.05, 4.69) is 0 Å². The molecule has 7 heteroatoms. The SMILES string of the molecule is Cc1ccc(C(=O)CN2C(=O)c3cccc([N+](=O)[O-])c3C2=O)c(C)c1. The largest absolute Gasteiger partial charge is 0.292 e. The molecule has 0 spiro atoms. The number of hydrogen-bond acceptors (Lipinski definition) is 5. The smallest absolute Gasteiger partial charge is 0.282 e. The lowest BCUT2D eigenvalue weighted by molar-refractivity contribution is -0.385. The Balaban J connectivity index is 1.93. The van der Waals surface area contributed by atoms with Crippen LogP contribution in [0.1, 0.15) is 42.2 Å². The van der Waals surface area contributed by atoms with Gasteiger partial charge in [-0.1, -0.05) is 29.8 Å². The molecule has 0 unspecified atom stereocenters. The van der Waals surface area contributed by atoms with Crippen molar-refractivity contribution in [3.63, 3.8) is 0 Å². The Labute approximate surface area is 143 Å². The predicted molar refractivity (Wildman–Crippen MR) is 88.7 cm³/mol. The predicted octanol–water partition coefficient (Wildman–Crippen LogP) is 2.69. The highest BCUT2D eigenvalue weighted by Gasteiger charge is 2.41. The lowest BCUT2D eigenvalue weighted by Crippen LogP contribution is -2.35. The van der Waals surface area contributed by atoms with Gasteiger partial charge in [-0.05, 0) is 25.5 Å². The van der Waals surface area contributed by atoms with Crippen LogP contribution >= 0.6 is 0 Å². The number of rotatable bonds is 4. The normalized spacial score (nSPS) is 13.1. The first-order valence-corrected chi connectivity index (χ1v) is 7.55. The number of imide groups is 1. The standard InChI is InChI=1S/C18H14N2O5/c1-10-6-7-12(11(2)8-10)15(21)9-19-17(22)13-4-3-5-14(20(24)25)16(13)18(19)23/h3-8H,9H2,1-2H3. The minimum absolute atomic E-state index is 0.0485. The van der Waals surface area contributed by atoms with E-state index >= 15 is 0 Å². The number of amides is 2. The molecule has 0 aromatic heterocycles. The van der Waals surface area contributed by atoms with Gasteiger partial charge in [0.2, 0.25) is 0 Å². The highest BCUT2D eigenvalue weighted by Crippen LogP contribution is 2.30. The molecule has 0 fully saturated rings. The number of hydrogen-bond donors (Lipinski definition) is 0. The molecule has 0 aliphatic carbocycles. The molecular weight excluding hydrogens is 324 g/mol. The summed E-state index contributed by atoms with van der Waals surface area (Å²) in [6, 6.07) is 9.11. The van der Waals surface area contributed by atoms with Gasteiger partial charge >= 0.3 is 0 Å². The first-order chi connectivity index (χ1) is 11.8. The van der Waals surface area contributed by atoms with Crippen LogP contribution in [0.25, 0.3) is 0 Å². The van der Waals surface area contributed by atoms with Crippen molar-refractivity contribution >= 4 is 23.3 Å². The number of carbonyl (C=O) groups excluding carboxylic acids is 3.